The Balaban J connectivity index is 1.48. The Morgan fingerprint density at radius 3 is 2.84 bits per heavy atom. The topological polar surface area (TPSA) is 83.6 Å². The smallest absolute Gasteiger partial charge is 0.235 e. The number of hydrogen-bond acceptors (Lipinski definition) is 7. The van der Waals surface area contributed by atoms with Gasteiger partial charge >= 0.3 is 0 Å². The third-order valence-corrected chi connectivity index (χ3v) is 8.30. The number of anilines is 1. The van der Waals surface area contributed by atoms with Gasteiger partial charge in [-0.2, -0.15) is 5.26 Å². The molecule has 0 saturated heterocycles. The fourth-order valence-electron chi connectivity index (χ4n) is 3.84. The first-order valence-corrected chi connectivity index (χ1v) is 13.1. The third kappa shape index (κ3) is 4.71. The summed E-state index contributed by atoms with van der Waals surface area (Å²) in [5.41, 5.74) is 2.85. The van der Waals surface area contributed by atoms with Gasteiger partial charge < -0.3 is 5.32 Å². The average molecular weight is 472 g/mol. The van der Waals surface area contributed by atoms with Crippen LogP contribution in [0.2, 0.25) is 0 Å². The highest BCUT2D eigenvalue weighted by Gasteiger charge is 2.22. The van der Waals surface area contributed by atoms with Gasteiger partial charge in [-0.15, -0.1) is 32.9 Å². The number of carbonyl (C=O) groups excluding carboxylic acids is 1. The molecule has 31 heavy (non-hydrogen) atoms. The Hall–Kier alpha value is -2.15. The number of thioether (sulfide) groups is 1. The van der Waals surface area contributed by atoms with Crippen molar-refractivity contribution < 1.29 is 4.79 Å². The molecular formula is C22H25N5OS3. The number of rotatable bonds is 6. The molecule has 0 spiro atoms. The zero-order valence-corrected chi connectivity index (χ0v) is 20.3. The van der Waals surface area contributed by atoms with Gasteiger partial charge in [-0.05, 0) is 58.1 Å². The van der Waals surface area contributed by atoms with Crippen LogP contribution in [0.1, 0.15) is 60.0 Å². The highest BCUT2D eigenvalue weighted by Crippen LogP contribution is 2.37. The summed E-state index contributed by atoms with van der Waals surface area (Å²) in [5, 5.41) is 24.9. The lowest BCUT2D eigenvalue weighted by Crippen LogP contribution is -2.15. The average Bonchev–Trinajstić information content (AvgIpc) is 3.39. The van der Waals surface area contributed by atoms with E-state index < -0.39 is 0 Å². The van der Waals surface area contributed by atoms with Crippen molar-refractivity contribution in [3.63, 3.8) is 0 Å². The number of nitriles is 1. The van der Waals surface area contributed by atoms with Crippen LogP contribution in [0, 0.1) is 18.3 Å². The maximum absolute atomic E-state index is 12.7. The van der Waals surface area contributed by atoms with Crippen LogP contribution in [0.3, 0.4) is 0 Å². The molecule has 4 rings (SSSR count). The lowest BCUT2D eigenvalue weighted by atomic mass is 10.1. The molecule has 0 aliphatic heterocycles. The van der Waals surface area contributed by atoms with E-state index in [4.69, 9.17) is 0 Å². The summed E-state index contributed by atoms with van der Waals surface area (Å²) >= 11 is 4.63. The van der Waals surface area contributed by atoms with Crippen LogP contribution in [0.15, 0.2) is 16.6 Å². The number of carbonyl (C=O) groups is 1. The molecule has 6 nitrogen and oxygen atoms in total. The van der Waals surface area contributed by atoms with Crippen LogP contribution in [-0.2, 0) is 17.6 Å². The molecule has 0 atom stereocenters. The minimum Gasteiger partial charge on any atom is -0.316 e. The minimum absolute atomic E-state index is 0.121. The van der Waals surface area contributed by atoms with Crippen LogP contribution in [0.25, 0.3) is 11.4 Å². The number of nitrogens with one attached hydrogen (secondary N) is 1. The van der Waals surface area contributed by atoms with Gasteiger partial charge in [-0.1, -0.05) is 18.2 Å². The number of aryl methyl sites for hydroxylation is 2. The van der Waals surface area contributed by atoms with Gasteiger partial charge in [0.2, 0.25) is 5.91 Å². The summed E-state index contributed by atoms with van der Waals surface area (Å²) in [7, 11) is 0. The number of aromatic nitrogens is 3. The highest BCUT2D eigenvalue weighted by molar-refractivity contribution is 7.99. The molecule has 0 bridgehead atoms. The highest BCUT2D eigenvalue weighted by atomic mass is 32.2. The molecule has 0 unspecified atom stereocenters. The number of thiophene rings is 2. The first-order valence-electron chi connectivity index (χ1n) is 10.5. The predicted molar refractivity (Wildman–Crippen MR) is 128 cm³/mol. The molecule has 0 fully saturated rings. The Bertz CT molecular complexity index is 1130. The first kappa shape index (κ1) is 22.1. The van der Waals surface area contributed by atoms with Gasteiger partial charge in [0.15, 0.2) is 11.0 Å². The fourth-order valence-corrected chi connectivity index (χ4v) is 6.64. The van der Waals surface area contributed by atoms with Gasteiger partial charge in [0.05, 0.1) is 11.3 Å². The van der Waals surface area contributed by atoms with Gasteiger partial charge in [0, 0.05) is 26.7 Å². The van der Waals surface area contributed by atoms with Crippen molar-refractivity contribution in [2.75, 3.05) is 11.1 Å². The molecule has 1 aliphatic carbocycles. The van der Waals surface area contributed by atoms with Crippen LogP contribution in [0.5, 0.6) is 0 Å². The molecule has 0 radical (unpaired) electrons. The molecule has 0 aromatic carbocycles. The maximum atomic E-state index is 12.7. The minimum atomic E-state index is -0.121. The number of nitrogens with zero attached hydrogens (tertiary/aromatic N) is 4. The first-order chi connectivity index (χ1) is 15.0. The van der Waals surface area contributed by atoms with Crippen molar-refractivity contribution in [2.45, 2.75) is 64.1 Å². The molecule has 3 heterocycles. The summed E-state index contributed by atoms with van der Waals surface area (Å²) < 4.78 is 2.08. The molecule has 1 N–H and O–H groups in total. The maximum Gasteiger partial charge on any atom is 0.235 e. The molecule has 1 aliphatic rings. The van der Waals surface area contributed by atoms with Crippen molar-refractivity contribution in [1.29, 1.82) is 5.26 Å². The zero-order valence-electron chi connectivity index (χ0n) is 17.9. The molecule has 3 aromatic heterocycles. The van der Waals surface area contributed by atoms with Crippen molar-refractivity contribution in [3.05, 3.63) is 32.3 Å². The van der Waals surface area contributed by atoms with Gasteiger partial charge in [0.25, 0.3) is 0 Å². The summed E-state index contributed by atoms with van der Waals surface area (Å²) in [5.74, 6) is 0.932. The Kier molecular flexibility index (Phi) is 6.80. The van der Waals surface area contributed by atoms with E-state index in [1.54, 1.807) is 22.7 Å². The van der Waals surface area contributed by atoms with Crippen LogP contribution in [0.4, 0.5) is 5.00 Å². The number of hydrogen-bond donors (Lipinski definition) is 1. The van der Waals surface area contributed by atoms with Crippen molar-refractivity contribution in [2.24, 2.45) is 0 Å². The van der Waals surface area contributed by atoms with Gasteiger partial charge in [-0.3, -0.25) is 9.36 Å². The molecule has 0 saturated carbocycles. The largest absolute Gasteiger partial charge is 0.316 e. The molecule has 9 heteroatoms. The quantitative estimate of drug-likeness (QED) is 0.361. The Labute approximate surface area is 194 Å². The molecule has 162 valence electrons. The van der Waals surface area contributed by atoms with E-state index in [0.29, 0.717) is 10.6 Å². The van der Waals surface area contributed by atoms with Gasteiger partial charge in [-0.25, -0.2) is 0 Å². The standard InChI is InChI=1S/C22H25N5OS3/c1-13(2)27-20(15-9-14(3)29-11-15)25-26-22(27)30-12-19(28)24-21-17(10-23)16-7-5-4-6-8-18(16)31-21/h9,11,13H,4-8,12H2,1-3H3,(H,24,28). The Morgan fingerprint density at radius 2 is 2.13 bits per heavy atom. The fraction of sp³-hybridized carbons (Fsp3) is 0.455. The third-order valence-electron chi connectivity index (χ3n) is 5.29. The van der Waals surface area contributed by atoms with E-state index in [1.807, 2.05) is 0 Å². The second kappa shape index (κ2) is 9.55. The van der Waals surface area contributed by atoms with Crippen LogP contribution < -0.4 is 5.32 Å². The van der Waals surface area contributed by atoms with Crippen molar-refractivity contribution in [3.8, 4) is 17.5 Å². The monoisotopic (exact) mass is 471 g/mol. The van der Waals surface area contributed by atoms with Crippen LogP contribution >= 0.6 is 34.4 Å². The summed E-state index contributed by atoms with van der Waals surface area (Å²) in [4.78, 5) is 15.2. The van der Waals surface area contributed by atoms with E-state index >= 15 is 0 Å². The summed E-state index contributed by atoms with van der Waals surface area (Å²) in [6, 6.07) is 4.61. The van der Waals surface area contributed by atoms with Gasteiger partial charge in [0.1, 0.15) is 11.1 Å². The number of amides is 1. The second-order valence-electron chi connectivity index (χ2n) is 7.93. The predicted octanol–water partition coefficient (Wildman–Crippen LogP) is 5.83. The lowest BCUT2D eigenvalue weighted by Gasteiger charge is -2.13. The van der Waals surface area contributed by atoms with Crippen molar-refractivity contribution >= 4 is 45.3 Å². The second-order valence-corrected chi connectivity index (χ2v) is 11.1. The van der Waals surface area contributed by atoms with Crippen LogP contribution in [-0.4, -0.2) is 26.4 Å². The summed E-state index contributed by atoms with van der Waals surface area (Å²) in [6.07, 6.45) is 5.40. The normalized spacial score (nSPS) is 13.6. The van der Waals surface area contributed by atoms with E-state index in [9.17, 15) is 10.1 Å². The summed E-state index contributed by atoms with van der Waals surface area (Å²) in [6.45, 7) is 6.26. The SMILES string of the molecule is Cc1cc(-c2nnc(SCC(=O)Nc3sc4c(c3C#N)CCCCC4)n2C(C)C)cs1. The zero-order chi connectivity index (χ0) is 22.0. The Morgan fingerprint density at radius 1 is 1.32 bits per heavy atom. The molecule has 1 amide bonds. The molecular weight excluding hydrogens is 446 g/mol. The number of fused-ring (bicyclic) bond motifs is 1. The van der Waals surface area contributed by atoms with E-state index in [-0.39, 0.29) is 17.7 Å². The van der Waals surface area contributed by atoms with E-state index in [2.05, 4.69) is 58.4 Å². The van der Waals surface area contributed by atoms with E-state index in [1.165, 1.54) is 27.9 Å². The molecule has 3 aromatic rings. The van der Waals surface area contributed by atoms with Crippen molar-refractivity contribution in [1.82, 2.24) is 14.8 Å². The lowest BCUT2D eigenvalue weighted by molar-refractivity contribution is -0.113. The van der Waals surface area contributed by atoms with E-state index in [0.717, 1.165) is 47.8 Å².